The molecule has 0 radical (unpaired) electrons. The monoisotopic (exact) mass is 228 g/mol. The average Bonchev–Trinajstić information content (AvgIpc) is 2.46. The molecule has 0 unspecified atom stereocenters. The van der Waals surface area contributed by atoms with E-state index in [0.29, 0.717) is 0 Å². The van der Waals surface area contributed by atoms with E-state index in [0.717, 1.165) is 11.1 Å². The normalized spacial score (nSPS) is 9.78. The van der Waals surface area contributed by atoms with E-state index in [-0.39, 0.29) is 0 Å². The van der Waals surface area contributed by atoms with E-state index in [1.807, 2.05) is 30.3 Å². The first-order chi connectivity index (χ1) is 8.92. The van der Waals surface area contributed by atoms with Crippen molar-refractivity contribution in [2.24, 2.45) is 0 Å². The Morgan fingerprint density at radius 2 is 1.17 bits per heavy atom. The van der Waals surface area contributed by atoms with Gasteiger partial charge in [-0.2, -0.15) is 0 Å². The molecule has 0 heteroatoms. The highest BCUT2D eigenvalue weighted by Crippen LogP contribution is 2.14. The lowest BCUT2D eigenvalue weighted by atomic mass is 10.1. The summed E-state index contributed by atoms with van der Waals surface area (Å²) < 4.78 is 0. The van der Waals surface area contributed by atoms with Crippen molar-refractivity contribution in [2.45, 2.75) is 0 Å². The second-order valence-corrected chi connectivity index (χ2v) is 4.18. The summed E-state index contributed by atoms with van der Waals surface area (Å²) in [5, 5.41) is 2.49. The van der Waals surface area contributed by atoms with Gasteiger partial charge in [0.15, 0.2) is 0 Å². The van der Waals surface area contributed by atoms with Crippen LogP contribution in [-0.2, 0) is 0 Å². The molecule has 18 heavy (non-hydrogen) atoms. The van der Waals surface area contributed by atoms with Crippen molar-refractivity contribution < 1.29 is 0 Å². The van der Waals surface area contributed by atoms with E-state index >= 15 is 0 Å². The van der Waals surface area contributed by atoms with E-state index in [2.05, 4.69) is 54.3 Å². The van der Waals surface area contributed by atoms with Crippen LogP contribution in [-0.4, -0.2) is 0 Å². The third-order valence-corrected chi connectivity index (χ3v) is 2.87. The van der Waals surface area contributed by atoms with Crippen LogP contribution >= 0.6 is 0 Å². The molecule has 0 nitrogen and oxygen atoms in total. The van der Waals surface area contributed by atoms with E-state index in [9.17, 15) is 0 Å². The van der Waals surface area contributed by atoms with Crippen LogP contribution in [0.5, 0.6) is 0 Å². The van der Waals surface area contributed by atoms with Crippen LogP contribution in [0, 0.1) is 11.8 Å². The van der Waals surface area contributed by atoms with Crippen molar-refractivity contribution in [3.8, 4) is 11.8 Å². The molecule has 0 aliphatic carbocycles. The Balaban J connectivity index is 1.99. The molecule has 0 saturated heterocycles. The fourth-order valence-electron chi connectivity index (χ4n) is 1.93. The van der Waals surface area contributed by atoms with E-state index in [1.54, 1.807) is 0 Å². The van der Waals surface area contributed by atoms with Gasteiger partial charge in [0.25, 0.3) is 0 Å². The van der Waals surface area contributed by atoms with Crippen LogP contribution in [0.1, 0.15) is 11.1 Å². The summed E-state index contributed by atoms with van der Waals surface area (Å²) in [5.41, 5.74) is 2.10. The summed E-state index contributed by atoms with van der Waals surface area (Å²) in [6, 6.07) is 24.7. The van der Waals surface area contributed by atoms with Gasteiger partial charge in [-0.25, -0.2) is 0 Å². The lowest BCUT2D eigenvalue weighted by Crippen LogP contribution is -1.77. The van der Waals surface area contributed by atoms with Crippen molar-refractivity contribution in [3.63, 3.8) is 0 Å². The number of rotatable bonds is 0. The third kappa shape index (κ3) is 2.26. The lowest BCUT2D eigenvalue weighted by Gasteiger charge is -1.97. The summed E-state index contributed by atoms with van der Waals surface area (Å²) in [4.78, 5) is 0. The molecule has 3 aromatic rings. The Kier molecular flexibility index (Phi) is 2.82. The van der Waals surface area contributed by atoms with Gasteiger partial charge in [0.05, 0.1) is 0 Å². The van der Waals surface area contributed by atoms with Crippen molar-refractivity contribution in [2.75, 3.05) is 0 Å². The molecule has 3 rings (SSSR count). The van der Waals surface area contributed by atoms with Crippen LogP contribution < -0.4 is 0 Å². The van der Waals surface area contributed by atoms with Gasteiger partial charge in [0.1, 0.15) is 0 Å². The molecular weight excluding hydrogens is 216 g/mol. The molecule has 0 atom stereocenters. The smallest absolute Gasteiger partial charge is 0.0255 e. The average molecular weight is 228 g/mol. The molecule has 0 amide bonds. The van der Waals surface area contributed by atoms with Gasteiger partial charge in [0.2, 0.25) is 0 Å². The minimum atomic E-state index is 1.05. The molecule has 84 valence electrons. The van der Waals surface area contributed by atoms with Crippen LogP contribution in [0.3, 0.4) is 0 Å². The summed E-state index contributed by atoms with van der Waals surface area (Å²) >= 11 is 0. The largest absolute Gasteiger partial charge is 0.0622 e. The molecule has 0 aromatic heterocycles. The minimum Gasteiger partial charge on any atom is -0.0622 e. The Labute approximate surface area is 107 Å². The van der Waals surface area contributed by atoms with E-state index < -0.39 is 0 Å². The zero-order valence-corrected chi connectivity index (χ0v) is 9.93. The van der Waals surface area contributed by atoms with Crippen LogP contribution in [0.4, 0.5) is 0 Å². The molecule has 0 bridgehead atoms. The number of hydrogen-bond acceptors (Lipinski definition) is 0. The van der Waals surface area contributed by atoms with Gasteiger partial charge in [-0.3, -0.25) is 0 Å². The van der Waals surface area contributed by atoms with Crippen LogP contribution in [0.25, 0.3) is 10.8 Å². The molecule has 0 heterocycles. The molecule has 0 saturated carbocycles. The van der Waals surface area contributed by atoms with Crippen molar-refractivity contribution >= 4 is 10.8 Å². The Morgan fingerprint density at radius 1 is 0.500 bits per heavy atom. The van der Waals surface area contributed by atoms with Gasteiger partial charge in [-0.1, -0.05) is 60.4 Å². The van der Waals surface area contributed by atoms with Crippen molar-refractivity contribution in [1.29, 1.82) is 0 Å². The van der Waals surface area contributed by atoms with E-state index in [4.69, 9.17) is 0 Å². The van der Waals surface area contributed by atoms with Crippen LogP contribution in [0.2, 0.25) is 0 Å². The zero-order chi connectivity index (χ0) is 12.2. The van der Waals surface area contributed by atoms with Crippen molar-refractivity contribution in [3.05, 3.63) is 83.9 Å². The molecule has 0 aliphatic heterocycles. The fourth-order valence-corrected chi connectivity index (χ4v) is 1.93. The summed E-state index contributed by atoms with van der Waals surface area (Å²) in [7, 11) is 0. The molecule has 3 aromatic carbocycles. The molecule has 0 N–H and O–H groups in total. The lowest BCUT2D eigenvalue weighted by molar-refractivity contribution is 1.64. The van der Waals surface area contributed by atoms with Gasteiger partial charge in [-0.05, 0) is 35.0 Å². The highest BCUT2D eigenvalue weighted by Gasteiger charge is 1.92. The summed E-state index contributed by atoms with van der Waals surface area (Å²) in [6.07, 6.45) is 0. The topological polar surface area (TPSA) is 0 Å². The quantitative estimate of drug-likeness (QED) is 0.505. The first kappa shape index (κ1) is 10.6. The maximum atomic E-state index is 3.20. The highest BCUT2D eigenvalue weighted by atomic mass is 14.0. The molecule has 0 fully saturated rings. The van der Waals surface area contributed by atoms with Gasteiger partial charge < -0.3 is 0 Å². The standard InChI is InChI=1S/C18H12/c1-2-6-15(7-3-1)10-11-16-12-13-17-8-4-5-9-18(17)14-16/h1-9,12-14H. The van der Waals surface area contributed by atoms with Crippen molar-refractivity contribution in [1.82, 2.24) is 0 Å². The predicted octanol–water partition coefficient (Wildman–Crippen LogP) is 4.24. The fraction of sp³-hybridized carbons (Fsp3) is 0. The first-order valence-corrected chi connectivity index (χ1v) is 5.98. The maximum Gasteiger partial charge on any atom is 0.0255 e. The van der Waals surface area contributed by atoms with E-state index in [1.165, 1.54) is 10.8 Å². The predicted molar refractivity (Wildman–Crippen MR) is 76.4 cm³/mol. The number of benzene rings is 3. The summed E-state index contributed by atoms with van der Waals surface area (Å²) in [6.45, 7) is 0. The highest BCUT2D eigenvalue weighted by molar-refractivity contribution is 5.83. The molecular formula is C18H12. The zero-order valence-electron chi connectivity index (χ0n) is 9.93. The SMILES string of the molecule is C(#Cc1ccc2ccccc2c1)c1ccccc1. The summed E-state index contributed by atoms with van der Waals surface area (Å²) in [5.74, 6) is 6.38. The van der Waals surface area contributed by atoms with Gasteiger partial charge in [-0.15, -0.1) is 0 Å². The van der Waals surface area contributed by atoms with Gasteiger partial charge >= 0.3 is 0 Å². The number of hydrogen-bond donors (Lipinski definition) is 0. The maximum absolute atomic E-state index is 3.20. The molecule has 0 spiro atoms. The van der Waals surface area contributed by atoms with Crippen LogP contribution in [0.15, 0.2) is 72.8 Å². The Hall–Kier alpha value is -2.52. The molecule has 0 aliphatic rings. The third-order valence-electron chi connectivity index (χ3n) is 2.87. The number of fused-ring (bicyclic) bond motifs is 1. The Bertz CT molecular complexity index is 728. The second kappa shape index (κ2) is 4.77. The second-order valence-electron chi connectivity index (χ2n) is 4.18. The Morgan fingerprint density at radius 3 is 2.00 bits per heavy atom. The minimum absolute atomic E-state index is 1.05. The van der Waals surface area contributed by atoms with Gasteiger partial charge in [0, 0.05) is 11.1 Å². The first-order valence-electron chi connectivity index (χ1n) is 5.98.